The van der Waals surface area contributed by atoms with Crippen molar-refractivity contribution in [3.8, 4) is 11.5 Å². The normalized spacial score (nSPS) is 19.4. The summed E-state index contributed by atoms with van der Waals surface area (Å²) in [6, 6.07) is 8.42. The minimum Gasteiger partial charge on any atom is -0.444 e. The number of oxazole rings is 1. The summed E-state index contributed by atoms with van der Waals surface area (Å²) >= 11 is 0. The molecule has 148 valence electrons. The van der Waals surface area contributed by atoms with Crippen LogP contribution in [0.2, 0.25) is 0 Å². The predicted octanol–water partition coefficient (Wildman–Crippen LogP) is 0.831. The van der Waals surface area contributed by atoms with E-state index in [-0.39, 0.29) is 25.1 Å². The van der Waals surface area contributed by atoms with Gasteiger partial charge in [0.25, 0.3) is 11.8 Å². The Morgan fingerprint density at radius 1 is 1.21 bits per heavy atom. The van der Waals surface area contributed by atoms with E-state index in [1.165, 1.54) is 12.3 Å². The monoisotopic (exact) mass is 394 g/mol. The number of amides is 4. The molecular formula is C20H18N4O5. The summed E-state index contributed by atoms with van der Waals surface area (Å²) in [4.78, 5) is 55.4. The topological polar surface area (TPSA) is 113 Å². The van der Waals surface area contributed by atoms with Crippen LogP contribution in [-0.4, -0.2) is 51.5 Å². The summed E-state index contributed by atoms with van der Waals surface area (Å²) in [5.41, 5.74) is 1.58. The lowest BCUT2D eigenvalue weighted by Gasteiger charge is -2.29. The first-order valence-electron chi connectivity index (χ1n) is 9.08. The number of imide groups is 2. The Morgan fingerprint density at radius 3 is 2.69 bits per heavy atom. The largest absolute Gasteiger partial charge is 0.444 e. The highest BCUT2D eigenvalue weighted by Crippen LogP contribution is 2.24. The van der Waals surface area contributed by atoms with Gasteiger partial charge in [-0.3, -0.25) is 29.4 Å². The van der Waals surface area contributed by atoms with Crippen molar-refractivity contribution in [2.24, 2.45) is 0 Å². The smallest absolute Gasteiger partial charge is 0.277 e. The van der Waals surface area contributed by atoms with Crippen molar-refractivity contribution >= 4 is 23.6 Å². The van der Waals surface area contributed by atoms with E-state index in [4.69, 9.17) is 4.42 Å². The number of rotatable bonds is 5. The van der Waals surface area contributed by atoms with Crippen LogP contribution >= 0.6 is 0 Å². The molecule has 1 aromatic carbocycles. The zero-order valence-electron chi connectivity index (χ0n) is 15.6. The van der Waals surface area contributed by atoms with Gasteiger partial charge >= 0.3 is 0 Å². The molecule has 3 heterocycles. The van der Waals surface area contributed by atoms with Gasteiger partial charge in [-0.05, 0) is 18.6 Å². The minimum absolute atomic E-state index is 0.0832. The number of piperidine rings is 1. The highest BCUT2D eigenvalue weighted by Gasteiger charge is 2.43. The molecule has 29 heavy (non-hydrogen) atoms. The maximum absolute atomic E-state index is 12.8. The van der Waals surface area contributed by atoms with Gasteiger partial charge in [-0.1, -0.05) is 18.2 Å². The summed E-state index contributed by atoms with van der Waals surface area (Å²) in [5, 5.41) is 2.17. The van der Waals surface area contributed by atoms with Crippen molar-refractivity contribution in [1.82, 2.24) is 20.1 Å². The lowest BCUT2D eigenvalue weighted by molar-refractivity contribution is -0.150. The molecule has 0 aliphatic carbocycles. The molecule has 1 atom stereocenters. The molecule has 0 spiro atoms. The van der Waals surface area contributed by atoms with Gasteiger partial charge in [-0.15, -0.1) is 0 Å². The molecule has 1 saturated heterocycles. The molecule has 9 nitrogen and oxygen atoms in total. The molecule has 1 fully saturated rings. The van der Waals surface area contributed by atoms with E-state index in [0.29, 0.717) is 11.6 Å². The van der Waals surface area contributed by atoms with Gasteiger partial charge in [0.15, 0.2) is 0 Å². The van der Waals surface area contributed by atoms with E-state index in [1.54, 1.807) is 11.9 Å². The van der Waals surface area contributed by atoms with Crippen molar-refractivity contribution in [3.63, 3.8) is 0 Å². The van der Waals surface area contributed by atoms with Gasteiger partial charge < -0.3 is 9.32 Å². The van der Waals surface area contributed by atoms with Gasteiger partial charge in [0, 0.05) is 25.1 Å². The quantitative estimate of drug-likeness (QED) is 0.748. The van der Waals surface area contributed by atoms with Crippen molar-refractivity contribution in [1.29, 1.82) is 0 Å². The second-order valence-corrected chi connectivity index (χ2v) is 6.88. The molecule has 2 aliphatic heterocycles. The second-order valence-electron chi connectivity index (χ2n) is 6.88. The number of hydrogen-bond acceptors (Lipinski definition) is 7. The summed E-state index contributed by atoms with van der Waals surface area (Å²) in [5.74, 6) is -1.72. The molecule has 2 aromatic rings. The fraction of sp³-hybridized carbons (Fsp3) is 0.250. The van der Waals surface area contributed by atoms with E-state index in [1.807, 2.05) is 30.3 Å². The highest BCUT2D eigenvalue weighted by molar-refractivity contribution is 6.18. The maximum atomic E-state index is 12.8. The van der Waals surface area contributed by atoms with Crippen molar-refractivity contribution in [2.45, 2.75) is 25.4 Å². The SMILES string of the molecule is CN(Cc1coc(-c2ccccc2)n1)C1=CC(=O)N(C2CCC(=O)NC2=O)C1=O. The van der Waals surface area contributed by atoms with Crippen LogP contribution in [0.1, 0.15) is 18.5 Å². The van der Waals surface area contributed by atoms with Gasteiger partial charge in [0.1, 0.15) is 18.0 Å². The van der Waals surface area contributed by atoms with Crippen LogP contribution in [0.3, 0.4) is 0 Å². The molecule has 1 unspecified atom stereocenters. The van der Waals surface area contributed by atoms with Crippen LogP contribution in [0.15, 0.2) is 52.8 Å². The third-order valence-electron chi connectivity index (χ3n) is 4.84. The highest BCUT2D eigenvalue weighted by atomic mass is 16.3. The Hall–Kier alpha value is -3.75. The van der Waals surface area contributed by atoms with Crippen LogP contribution in [-0.2, 0) is 25.7 Å². The van der Waals surface area contributed by atoms with Gasteiger partial charge in [0.05, 0.1) is 12.2 Å². The average molecular weight is 394 g/mol. The predicted molar refractivity (Wildman–Crippen MR) is 99.5 cm³/mol. The maximum Gasteiger partial charge on any atom is 0.277 e. The van der Waals surface area contributed by atoms with Crippen LogP contribution < -0.4 is 5.32 Å². The minimum atomic E-state index is -0.980. The van der Waals surface area contributed by atoms with Gasteiger partial charge in [-0.25, -0.2) is 4.98 Å². The zero-order valence-corrected chi connectivity index (χ0v) is 15.6. The van der Waals surface area contributed by atoms with Crippen molar-refractivity contribution in [3.05, 3.63) is 54.1 Å². The summed E-state index contributed by atoms with van der Waals surface area (Å²) in [6.07, 6.45) is 2.90. The molecule has 4 amide bonds. The number of nitrogens with one attached hydrogen (secondary N) is 1. The lowest BCUT2D eigenvalue weighted by atomic mass is 10.0. The molecule has 0 bridgehead atoms. The standard InChI is InChI=1S/C20H18N4O5/c1-23(10-13-11-29-19(21-13)12-5-3-2-4-6-12)15-9-17(26)24(20(15)28)14-7-8-16(25)22-18(14)27/h2-6,9,11,14H,7-8,10H2,1H3,(H,22,25,27). The van der Waals surface area contributed by atoms with Gasteiger partial charge in [-0.2, -0.15) is 0 Å². The van der Waals surface area contributed by atoms with E-state index in [2.05, 4.69) is 10.3 Å². The van der Waals surface area contributed by atoms with E-state index in [9.17, 15) is 19.2 Å². The summed E-state index contributed by atoms with van der Waals surface area (Å²) < 4.78 is 5.50. The molecule has 0 radical (unpaired) electrons. The molecule has 4 rings (SSSR count). The molecule has 1 N–H and O–H groups in total. The van der Waals surface area contributed by atoms with Crippen LogP contribution in [0, 0.1) is 0 Å². The molecule has 9 heteroatoms. The number of likely N-dealkylation sites (N-methyl/N-ethyl adjacent to an activating group) is 1. The Labute approximate surface area is 166 Å². The molecule has 1 aromatic heterocycles. The Kier molecular flexibility index (Phi) is 4.71. The van der Waals surface area contributed by atoms with E-state index >= 15 is 0 Å². The number of carbonyl (C=O) groups is 4. The Morgan fingerprint density at radius 2 is 1.97 bits per heavy atom. The third kappa shape index (κ3) is 3.54. The Bertz CT molecular complexity index is 1030. The number of nitrogens with zero attached hydrogens (tertiary/aromatic N) is 3. The summed E-state index contributed by atoms with van der Waals surface area (Å²) in [7, 11) is 1.65. The number of benzene rings is 1. The molecule has 0 saturated carbocycles. The fourth-order valence-electron chi connectivity index (χ4n) is 3.39. The average Bonchev–Trinajstić information content (AvgIpc) is 3.28. The first kappa shape index (κ1) is 18.6. The summed E-state index contributed by atoms with van der Waals surface area (Å²) in [6.45, 7) is 0.240. The molecular weight excluding hydrogens is 376 g/mol. The van der Waals surface area contributed by atoms with Crippen LogP contribution in [0.5, 0.6) is 0 Å². The lowest BCUT2D eigenvalue weighted by Crippen LogP contribution is -2.54. The van der Waals surface area contributed by atoms with Crippen molar-refractivity contribution < 1.29 is 23.6 Å². The third-order valence-corrected chi connectivity index (χ3v) is 4.84. The van der Waals surface area contributed by atoms with E-state index in [0.717, 1.165) is 10.5 Å². The molecule has 2 aliphatic rings. The first-order valence-corrected chi connectivity index (χ1v) is 9.08. The number of aromatic nitrogens is 1. The van der Waals surface area contributed by atoms with Crippen molar-refractivity contribution in [2.75, 3.05) is 7.05 Å². The second kappa shape index (κ2) is 7.34. The number of hydrogen-bond donors (Lipinski definition) is 1. The van der Waals surface area contributed by atoms with Crippen LogP contribution in [0.4, 0.5) is 0 Å². The zero-order chi connectivity index (χ0) is 20.5. The van der Waals surface area contributed by atoms with Crippen LogP contribution in [0.25, 0.3) is 11.5 Å². The first-order chi connectivity index (χ1) is 13.9. The van der Waals surface area contributed by atoms with E-state index < -0.39 is 29.7 Å². The fourth-order valence-corrected chi connectivity index (χ4v) is 3.39. The number of carbonyl (C=O) groups excluding carboxylic acids is 4. The Balaban J connectivity index is 1.46. The van der Waals surface area contributed by atoms with Gasteiger partial charge in [0.2, 0.25) is 17.7 Å².